The lowest BCUT2D eigenvalue weighted by Crippen LogP contribution is -2.33. The molecule has 0 spiro atoms. The molecule has 0 heterocycles. The minimum Gasteiger partial charge on any atom is -0.478 e. The van der Waals surface area contributed by atoms with E-state index in [9.17, 15) is 18.8 Å². The van der Waals surface area contributed by atoms with Gasteiger partial charge in [-0.15, -0.1) is 0 Å². The molecule has 1 rings (SSSR count). The molecule has 0 unspecified atom stereocenters. The Morgan fingerprint density at radius 2 is 2.00 bits per heavy atom. The highest BCUT2D eigenvalue weighted by molar-refractivity contribution is 6.06. The zero-order valence-electron chi connectivity index (χ0n) is 9.88. The second-order valence-electron chi connectivity index (χ2n) is 3.42. The number of carboxylic acids is 1. The standard InChI is InChI=1S/C12H8FN3O4/c13-8-5-7(6-14)1-2-9(8)15-12(20)16-10(17)3-4-11(18)19/h1-5H,(H,18,19)(H2,15,16,17,20)/b4-3+. The Morgan fingerprint density at radius 1 is 1.30 bits per heavy atom. The van der Waals surface area contributed by atoms with Crippen LogP contribution in [0.3, 0.4) is 0 Å². The maximum Gasteiger partial charge on any atom is 0.328 e. The van der Waals surface area contributed by atoms with Gasteiger partial charge in [-0.2, -0.15) is 5.26 Å². The second-order valence-corrected chi connectivity index (χ2v) is 3.42. The Kier molecular flexibility index (Phi) is 4.94. The maximum absolute atomic E-state index is 13.4. The van der Waals surface area contributed by atoms with E-state index in [1.165, 1.54) is 6.07 Å². The number of halogens is 1. The molecule has 0 atom stereocenters. The molecule has 3 N–H and O–H groups in total. The summed E-state index contributed by atoms with van der Waals surface area (Å²) >= 11 is 0. The molecule has 0 aliphatic carbocycles. The monoisotopic (exact) mass is 277 g/mol. The first-order valence-electron chi connectivity index (χ1n) is 5.15. The molecule has 1 aromatic rings. The number of nitriles is 1. The number of hydrogen-bond donors (Lipinski definition) is 3. The van der Waals surface area contributed by atoms with Crippen LogP contribution in [0, 0.1) is 17.1 Å². The lowest BCUT2D eigenvalue weighted by molar-refractivity contribution is -0.131. The summed E-state index contributed by atoms with van der Waals surface area (Å²) in [7, 11) is 0. The van der Waals surface area contributed by atoms with Crippen LogP contribution in [-0.4, -0.2) is 23.0 Å². The molecular formula is C12H8FN3O4. The van der Waals surface area contributed by atoms with E-state index >= 15 is 0 Å². The summed E-state index contributed by atoms with van der Waals surface area (Å²) in [6.07, 6.45) is 1.18. The van der Waals surface area contributed by atoms with Crippen molar-refractivity contribution in [3.8, 4) is 6.07 Å². The first kappa shape index (κ1) is 14.8. The Balaban J connectivity index is 2.65. The van der Waals surface area contributed by atoms with Crippen LogP contribution in [0.5, 0.6) is 0 Å². The molecule has 0 radical (unpaired) electrons. The van der Waals surface area contributed by atoms with E-state index in [-0.39, 0.29) is 11.3 Å². The molecule has 0 bridgehead atoms. The van der Waals surface area contributed by atoms with Gasteiger partial charge < -0.3 is 10.4 Å². The van der Waals surface area contributed by atoms with Gasteiger partial charge in [-0.05, 0) is 18.2 Å². The number of urea groups is 1. The summed E-state index contributed by atoms with van der Waals surface area (Å²) in [5, 5.41) is 20.6. The summed E-state index contributed by atoms with van der Waals surface area (Å²) in [6.45, 7) is 0. The molecule has 8 heteroatoms. The first-order valence-corrected chi connectivity index (χ1v) is 5.15. The van der Waals surface area contributed by atoms with Gasteiger partial charge in [0.15, 0.2) is 0 Å². The number of rotatable bonds is 3. The third kappa shape index (κ3) is 4.58. The minimum absolute atomic E-state index is 0.0777. The normalized spacial score (nSPS) is 9.80. The van der Waals surface area contributed by atoms with Crippen molar-refractivity contribution in [3.05, 3.63) is 41.7 Å². The van der Waals surface area contributed by atoms with Gasteiger partial charge in [-0.3, -0.25) is 10.1 Å². The fourth-order valence-corrected chi connectivity index (χ4v) is 1.14. The van der Waals surface area contributed by atoms with Crippen LogP contribution >= 0.6 is 0 Å². The van der Waals surface area contributed by atoms with Crippen LogP contribution in [0.15, 0.2) is 30.4 Å². The minimum atomic E-state index is -1.35. The van der Waals surface area contributed by atoms with Gasteiger partial charge in [0.2, 0.25) is 0 Å². The Bertz CT molecular complexity index is 634. The number of carboxylic acid groups (broad SMARTS) is 1. The van der Waals surface area contributed by atoms with E-state index in [2.05, 4.69) is 0 Å². The van der Waals surface area contributed by atoms with Crippen LogP contribution < -0.4 is 10.6 Å². The average molecular weight is 277 g/mol. The van der Waals surface area contributed by atoms with E-state index in [0.717, 1.165) is 12.1 Å². The van der Waals surface area contributed by atoms with Crippen LogP contribution in [0.1, 0.15) is 5.56 Å². The predicted octanol–water partition coefficient (Wildman–Crippen LogP) is 0.986. The molecule has 0 aromatic heterocycles. The van der Waals surface area contributed by atoms with Gasteiger partial charge in [0, 0.05) is 12.2 Å². The number of anilines is 1. The molecule has 20 heavy (non-hydrogen) atoms. The van der Waals surface area contributed by atoms with Crippen molar-refractivity contribution < 1.29 is 23.9 Å². The van der Waals surface area contributed by atoms with Crippen LogP contribution in [0.4, 0.5) is 14.9 Å². The van der Waals surface area contributed by atoms with Gasteiger partial charge in [-0.1, -0.05) is 0 Å². The lowest BCUT2D eigenvalue weighted by atomic mass is 10.2. The number of imide groups is 1. The van der Waals surface area contributed by atoms with Crippen molar-refractivity contribution >= 4 is 23.6 Å². The highest BCUT2D eigenvalue weighted by Gasteiger charge is 2.09. The van der Waals surface area contributed by atoms with Crippen molar-refractivity contribution in [3.63, 3.8) is 0 Å². The molecular weight excluding hydrogens is 269 g/mol. The number of benzene rings is 1. The molecule has 0 aliphatic rings. The number of hydrogen-bond acceptors (Lipinski definition) is 4. The van der Waals surface area contributed by atoms with Crippen LogP contribution in [-0.2, 0) is 9.59 Å². The number of amides is 3. The predicted molar refractivity (Wildman–Crippen MR) is 65.1 cm³/mol. The largest absolute Gasteiger partial charge is 0.478 e. The van der Waals surface area contributed by atoms with Crippen molar-refractivity contribution in [2.75, 3.05) is 5.32 Å². The SMILES string of the molecule is N#Cc1ccc(NC(=O)NC(=O)/C=C/C(=O)O)c(F)c1. The first-order chi connectivity index (χ1) is 9.42. The molecule has 3 amide bonds. The molecule has 0 saturated carbocycles. The number of nitrogens with zero attached hydrogens (tertiary/aromatic N) is 1. The zero-order valence-corrected chi connectivity index (χ0v) is 9.88. The van der Waals surface area contributed by atoms with E-state index < -0.39 is 23.7 Å². The Hall–Kier alpha value is -3.21. The molecule has 0 saturated heterocycles. The highest BCUT2D eigenvalue weighted by Crippen LogP contribution is 2.14. The van der Waals surface area contributed by atoms with Gasteiger partial charge >= 0.3 is 12.0 Å². The van der Waals surface area contributed by atoms with Crippen LogP contribution in [0.25, 0.3) is 0 Å². The van der Waals surface area contributed by atoms with E-state index in [0.29, 0.717) is 12.2 Å². The van der Waals surface area contributed by atoms with Crippen molar-refractivity contribution in [2.45, 2.75) is 0 Å². The number of carbonyl (C=O) groups is 3. The van der Waals surface area contributed by atoms with Crippen molar-refractivity contribution in [1.29, 1.82) is 5.26 Å². The summed E-state index contributed by atoms with van der Waals surface area (Å²) in [4.78, 5) is 32.5. The molecule has 1 aromatic carbocycles. The molecule has 0 fully saturated rings. The van der Waals surface area contributed by atoms with E-state index in [1.807, 2.05) is 5.32 Å². The summed E-state index contributed by atoms with van der Waals surface area (Å²) in [5.74, 6) is -3.16. The lowest BCUT2D eigenvalue weighted by Gasteiger charge is -2.06. The van der Waals surface area contributed by atoms with Crippen LogP contribution in [0.2, 0.25) is 0 Å². The highest BCUT2D eigenvalue weighted by atomic mass is 19.1. The van der Waals surface area contributed by atoms with E-state index in [4.69, 9.17) is 10.4 Å². The molecule has 7 nitrogen and oxygen atoms in total. The number of aliphatic carboxylic acids is 1. The Labute approximate surface area is 112 Å². The zero-order chi connectivity index (χ0) is 15.1. The van der Waals surface area contributed by atoms with Gasteiger partial charge in [0.25, 0.3) is 5.91 Å². The molecule has 0 aliphatic heterocycles. The number of carbonyl (C=O) groups excluding carboxylic acids is 2. The van der Waals surface area contributed by atoms with Gasteiger partial charge in [0.05, 0.1) is 17.3 Å². The topological polar surface area (TPSA) is 119 Å². The fraction of sp³-hybridized carbons (Fsp3) is 0. The quantitative estimate of drug-likeness (QED) is 0.711. The molecule has 102 valence electrons. The third-order valence-electron chi connectivity index (χ3n) is 1.96. The summed E-state index contributed by atoms with van der Waals surface area (Å²) in [6, 6.07) is 4.05. The summed E-state index contributed by atoms with van der Waals surface area (Å²) < 4.78 is 13.4. The Morgan fingerprint density at radius 3 is 2.55 bits per heavy atom. The van der Waals surface area contributed by atoms with Gasteiger partial charge in [0.1, 0.15) is 5.82 Å². The van der Waals surface area contributed by atoms with E-state index in [1.54, 1.807) is 11.4 Å². The smallest absolute Gasteiger partial charge is 0.328 e. The van der Waals surface area contributed by atoms with Crippen molar-refractivity contribution in [2.24, 2.45) is 0 Å². The summed E-state index contributed by atoms with van der Waals surface area (Å²) in [5.41, 5.74) is -0.148. The second kappa shape index (κ2) is 6.65. The van der Waals surface area contributed by atoms with Crippen molar-refractivity contribution in [1.82, 2.24) is 5.32 Å². The fourth-order valence-electron chi connectivity index (χ4n) is 1.14. The van der Waals surface area contributed by atoms with Gasteiger partial charge in [-0.25, -0.2) is 14.0 Å². The third-order valence-corrected chi connectivity index (χ3v) is 1.96. The number of nitrogens with one attached hydrogen (secondary N) is 2. The maximum atomic E-state index is 13.4. The average Bonchev–Trinajstić information content (AvgIpc) is 2.38.